The highest BCUT2D eigenvalue weighted by Gasteiger charge is 2.17. The lowest BCUT2D eigenvalue weighted by Crippen LogP contribution is -2.48. The van der Waals surface area contributed by atoms with Gasteiger partial charge in [-0.3, -0.25) is 4.79 Å². The molecule has 1 fully saturated rings. The SMILES string of the molecule is COCCN(C)C(=O)CCOC1CNC1. The first kappa shape index (κ1) is 12.4. The predicted molar refractivity (Wildman–Crippen MR) is 56.7 cm³/mol. The summed E-state index contributed by atoms with van der Waals surface area (Å²) in [5.41, 5.74) is 0. The van der Waals surface area contributed by atoms with Crippen LogP contribution in [0.2, 0.25) is 0 Å². The third-order valence-corrected chi connectivity index (χ3v) is 2.47. The van der Waals surface area contributed by atoms with E-state index in [9.17, 15) is 4.79 Å². The van der Waals surface area contributed by atoms with E-state index in [1.54, 1.807) is 19.1 Å². The molecule has 1 heterocycles. The Labute approximate surface area is 90.7 Å². The Balaban J connectivity index is 2.00. The summed E-state index contributed by atoms with van der Waals surface area (Å²) in [4.78, 5) is 13.2. The average molecular weight is 216 g/mol. The van der Waals surface area contributed by atoms with Crippen LogP contribution in [0.4, 0.5) is 0 Å². The van der Waals surface area contributed by atoms with Crippen LogP contribution in [0.3, 0.4) is 0 Å². The van der Waals surface area contributed by atoms with Gasteiger partial charge in [-0.15, -0.1) is 0 Å². The zero-order chi connectivity index (χ0) is 11.1. The van der Waals surface area contributed by atoms with Crippen molar-refractivity contribution in [2.24, 2.45) is 0 Å². The van der Waals surface area contributed by atoms with E-state index in [0.717, 1.165) is 13.1 Å². The first-order valence-electron chi connectivity index (χ1n) is 5.29. The van der Waals surface area contributed by atoms with Crippen LogP contribution in [0.5, 0.6) is 0 Å². The van der Waals surface area contributed by atoms with Gasteiger partial charge in [-0.05, 0) is 0 Å². The number of hydrogen-bond donors (Lipinski definition) is 1. The van der Waals surface area contributed by atoms with Gasteiger partial charge >= 0.3 is 0 Å². The number of likely N-dealkylation sites (N-methyl/N-ethyl adjacent to an activating group) is 1. The summed E-state index contributed by atoms with van der Waals surface area (Å²) in [7, 11) is 3.41. The van der Waals surface area contributed by atoms with Crippen LogP contribution in [-0.2, 0) is 14.3 Å². The zero-order valence-electron chi connectivity index (χ0n) is 9.49. The van der Waals surface area contributed by atoms with Gasteiger partial charge in [0.25, 0.3) is 0 Å². The molecular formula is C10H20N2O3. The highest BCUT2D eigenvalue weighted by Crippen LogP contribution is 2.00. The minimum atomic E-state index is 0.110. The second-order valence-electron chi connectivity index (χ2n) is 3.71. The van der Waals surface area contributed by atoms with Crippen molar-refractivity contribution in [1.82, 2.24) is 10.2 Å². The summed E-state index contributed by atoms with van der Waals surface area (Å²) in [5, 5.41) is 3.11. The Bertz CT molecular complexity index is 195. The summed E-state index contributed by atoms with van der Waals surface area (Å²) in [6, 6.07) is 0. The lowest BCUT2D eigenvalue weighted by molar-refractivity contribution is -0.132. The summed E-state index contributed by atoms with van der Waals surface area (Å²) in [6.45, 7) is 3.56. The molecule has 15 heavy (non-hydrogen) atoms. The van der Waals surface area contributed by atoms with Gasteiger partial charge in [0.2, 0.25) is 5.91 Å². The highest BCUT2D eigenvalue weighted by molar-refractivity contribution is 5.75. The van der Waals surface area contributed by atoms with Crippen molar-refractivity contribution < 1.29 is 14.3 Å². The van der Waals surface area contributed by atoms with Crippen molar-refractivity contribution in [3.8, 4) is 0 Å². The highest BCUT2D eigenvalue weighted by atomic mass is 16.5. The molecule has 0 radical (unpaired) electrons. The number of nitrogens with zero attached hydrogens (tertiary/aromatic N) is 1. The molecule has 1 N–H and O–H groups in total. The second kappa shape index (κ2) is 6.76. The molecule has 1 amide bonds. The largest absolute Gasteiger partial charge is 0.383 e. The number of amides is 1. The standard InChI is InChI=1S/C10H20N2O3/c1-12(4-6-14-2)10(13)3-5-15-9-7-11-8-9/h9,11H,3-8H2,1-2H3. The van der Waals surface area contributed by atoms with Crippen LogP contribution in [0, 0.1) is 0 Å². The fourth-order valence-corrected chi connectivity index (χ4v) is 1.24. The van der Waals surface area contributed by atoms with E-state index in [2.05, 4.69) is 5.32 Å². The van der Waals surface area contributed by atoms with Crippen molar-refractivity contribution in [2.45, 2.75) is 12.5 Å². The fraction of sp³-hybridized carbons (Fsp3) is 0.900. The van der Waals surface area contributed by atoms with Crippen LogP contribution in [0.15, 0.2) is 0 Å². The van der Waals surface area contributed by atoms with E-state index in [1.165, 1.54) is 0 Å². The number of carbonyl (C=O) groups is 1. The first-order chi connectivity index (χ1) is 7.24. The zero-order valence-corrected chi connectivity index (χ0v) is 9.49. The summed E-state index contributed by atoms with van der Waals surface area (Å²) in [6.07, 6.45) is 0.763. The Hall–Kier alpha value is -0.650. The van der Waals surface area contributed by atoms with Crippen molar-refractivity contribution >= 4 is 5.91 Å². The van der Waals surface area contributed by atoms with E-state index >= 15 is 0 Å². The van der Waals surface area contributed by atoms with Gasteiger partial charge in [0.15, 0.2) is 0 Å². The molecule has 0 spiro atoms. The van der Waals surface area contributed by atoms with Crippen molar-refractivity contribution in [1.29, 1.82) is 0 Å². The van der Waals surface area contributed by atoms with E-state index in [1.807, 2.05) is 0 Å². The lowest BCUT2D eigenvalue weighted by atomic mass is 10.2. The summed E-state index contributed by atoms with van der Waals surface area (Å²) in [5.74, 6) is 0.110. The number of rotatable bonds is 7. The number of nitrogens with one attached hydrogen (secondary N) is 1. The Kier molecular flexibility index (Phi) is 5.60. The maximum absolute atomic E-state index is 11.5. The molecule has 0 aromatic carbocycles. The second-order valence-corrected chi connectivity index (χ2v) is 3.71. The van der Waals surface area contributed by atoms with Crippen molar-refractivity contribution in [3.63, 3.8) is 0 Å². The van der Waals surface area contributed by atoms with Gasteiger partial charge in [0, 0.05) is 33.8 Å². The minimum Gasteiger partial charge on any atom is -0.383 e. The molecule has 5 heteroatoms. The maximum Gasteiger partial charge on any atom is 0.224 e. The maximum atomic E-state index is 11.5. The predicted octanol–water partition coefficient (Wildman–Crippen LogP) is -0.530. The molecule has 88 valence electrons. The Morgan fingerprint density at radius 2 is 2.20 bits per heavy atom. The van der Waals surface area contributed by atoms with Gasteiger partial charge in [0.05, 0.1) is 25.7 Å². The van der Waals surface area contributed by atoms with Crippen LogP contribution >= 0.6 is 0 Å². The number of ether oxygens (including phenoxy) is 2. The third-order valence-electron chi connectivity index (χ3n) is 2.47. The monoisotopic (exact) mass is 216 g/mol. The minimum absolute atomic E-state index is 0.110. The van der Waals surface area contributed by atoms with E-state index in [-0.39, 0.29) is 5.91 Å². The molecule has 0 bridgehead atoms. The van der Waals surface area contributed by atoms with Gasteiger partial charge in [-0.2, -0.15) is 0 Å². The normalized spacial score (nSPS) is 16.1. The topological polar surface area (TPSA) is 50.8 Å². The lowest BCUT2D eigenvalue weighted by Gasteiger charge is -2.27. The van der Waals surface area contributed by atoms with Gasteiger partial charge in [-0.1, -0.05) is 0 Å². The van der Waals surface area contributed by atoms with E-state index in [4.69, 9.17) is 9.47 Å². The van der Waals surface area contributed by atoms with E-state index in [0.29, 0.717) is 32.3 Å². The molecule has 0 aromatic rings. The van der Waals surface area contributed by atoms with Crippen molar-refractivity contribution in [2.75, 3.05) is 47.0 Å². The molecule has 1 saturated heterocycles. The summed E-state index contributed by atoms with van der Waals surface area (Å²) >= 11 is 0. The average Bonchev–Trinajstić information content (AvgIpc) is 2.17. The molecule has 0 aliphatic carbocycles. The van der Waals surface area contributed by atoms with Gasteiger partial charge in [0.1, 0.15) is 0 Å². The molecule has 1 aliphatic heterocycles. The molecular weight excluding hydrogens is 196 g/mol. The quantitative estimate of drug-likeness (QED) is 0.621. The van der Waals surface area contributed by atoms with Crippen molar-refractivity contribution in [3.05, 3.63) is 0 Å². The van der Waals surface area contributed by atoms with Crippen LogP contribution in [-0.4, -0.2) is 63.9 Å². The molecule has 1 aliphatic rings. The number of hydrogen-bond acceptors (Lipinski definition) is 4. The summed E-state index contributed by atoms with van der Waals surface area (Å²) < 4.78 is 10.4. The molecule has 1 rings (SSSR count). The Morgan fingerprint density at radius 1 is 1.47 bits per heavy atom. The molecule has 0 unspecified atom stereocenters. The first-order valence-corrected chi connectivity index (χ1v) is 5.29. The molecule has 0 saturated carbocycles. The van der Waals surface area contributed by atoms with E-state index < -0.39 is 0 Å². The number of carbonyl (C=O) groups excluding carboxylic acids is 1. The third kappa shape index (κ3) is 4.59. The Morgan fingerprint density at radius 3 is 2.73 bits per heavy atom. The molecule has 0 aromatic heterocycles. The number of methoxy groups -OCH3 is 1. The van der Waals surface area contributed by atoms with Crippen LogP contribution < -0.4 is 5.32 Å². The smallest absolute Gasteiger partial charge is 0.224 e. The molecule has 0 atom stereocenters. The fourth-order valence-electron chi connectivity index (χ4n) is 1.24. The molecule has 5 nitrogen and oxygen atoms in total. The van der Waals surface area contributed by atoms with Crippen LogP contribution in [0.25, 0.3) is 0 Å². The van der Waals surface area contributed by atoms with Crippen LogP contribution in [0.1, 0.15) is 6.42 Å². The van der Waals surface area contributed by atoms with Gasteiger partial charge in [-0.25, -0.2) is 0 Å². The van der Waals surface area contributed by atoms with Gasteiger partial charge < -0.3 is 19.7 Å².